The summed E-state index contributed by atoms with van der Waals surface area (Å²) in [4.78, 5) is 0. The number of benzene rings is 1. The molecule has 96 valence electrons. The van der Waals surface area contributed by atoms with E-state index in [9.17, 15) is 5.11 Å². The molecule has 0 aliphatic carbocycles. The van der Waals surface area contributed by atoms with Gasteiger partial charge in [0.25, 0.3) is 0 Å². The monoisotopic (exact) mass is 239 g/mol. The van der Waals surface area contributed by atoms with Gasteiger partial charge in [0, 0.05) is 13.1 Å². The van der Waals surface area contributed by atoms with Gasteiger partial charge in [0.2, 0.25) is 0 Å². The van der Waals surface area contributed by atoms with E-state index in [-0.39, 0.29) is 6.10 Å². The van der Waals surface area contributed by atoms with Crippen LogP contribution in [0, 0.1) is 0 Å². The fourth-order valence-corrected chi connectivity index (χ4v) is 1.52. The summed E-state index contributed by atoms with van der Waals surface area (Å²) in [7, 11) is 3.24. The fourth-order valence-electron chi connectivity index (χ4n) is 1.52. The molecule has 0 saturated carbocycles. The van der Waals surface area contributed by atoms with E-state index >= 15 is 0 Å². The van der Waals surface area contributed by atoms with Gasteiger partial charge in [0.05, 0.1) is 20.3 Å². The van der Waals surface area contributed by atoms with Crippen molar-refractivity contribution < 1.29 is 14.6 Å². The average molecular weight is 239 g/mol. The van der Waals surface area contributed by atoms with Crippen LogP contribution in [-0.4, -0.2) is 32.0 Å². The molecule has 0 amide bonds. The molecular formula is C13H21NO3. The van der Waals surface area contributed by atoms with Crippen molar-refractivity contribution in [2.45, 2.75) is 26.0 Å². The molecule has 0 heterocycles. The molecule has 1 rings (SSSR count). The Morgan fingerprint density at radius 3 is 2.53 bits per heavy atom. The Kier molecular flexibility index (Phi) is 5.80. The maximum Gasteiger partial charge on any atom is 0.161 e. The van der Waals surface area contributed by atoms with Crippen molar-refractivity contribution in [2.24, 2.45) is 0 Å². The molecule has 0 saturated heterocycles. The number of methoxy groups -OCH3 is 2. The molecule has 0 unspecified atom stereocenters. The third kappa shape index (κ3) is 4.24. The number of rotatable bonds is 7. The summed E-state index contributed by atoms with van der Waals surface area (Å²) in [6.45, 7) is 3.27. The van der Waals surface area contributed by atoms with E-state index in [4.69, 9.17) is 9.47 Å². The van der Waals surface area contributed by atoms with Crippen LogP contribution in [0.3, 0.4) is 0 Å². The molecule has 1 aromatic rings. The van der Waals surface area contributed by atoms with E-state index < -0.39 is 0 Å². The average Bonchev–Trinajstić information content (AvgIpc) is 2.38. The van der Waals surface area contributed by atoms with Crippen LogP contribution in [0.2, 0.25) is 0 Å². The third-order valence-electron chi connectivity index (χ3n) is 2.63. The molecule has 0 spiro atoms. The summed E-state index contributed by atoms with van der Waals surface area (Å²) in [5.74, 6) is 1.45. The second kappa shape index (κ2) is 7.14. The van der Waals surface area contributed by atoms with Crippen LogP contribution in [0.4, 0.5) is 0 Å². The molecule has 0 fully saturated rings. The fraction of sp³-hybridized carbons (Fsp3) is 0.538. The van der Waals surface area contributed by atoms with Crippen molar-refractivity contribution in [3.63, 3.8) is 0 Å². The summed E-state index contributed by atoms with van der Waals surface area (Å²) >= 11 is 0. The molecular weight excluding hydrogens is 218 g/mol. The Hall–Kier alpha value is -1.26. The predicted octanol–water partition coefficient (Wildman–Crippen LogP) is 1.56. The number of hydrogen-bond acceptors (Lipinski definition) is 4. The van der Waals surface area contributed by atoms with E-state index in [2.05, 4.69) is 5.32 Å². The molecule has 1 aromatic carbocycles. The molecule has 0 aromatic heterocycles. The highest BCUT2D eigenvalue weighted by Gasteiger charge is 2.05. The number of aliphatic hydroxyl groups is 1. The van der Waals surface area contributed by atoms with Crippen LogP contribution in [0.5, 0.6) is 11.5 Å². The topological polar surface area (TPSA) is 50.7 Å². The Balaban J connectivity index is 2.54. The first-order chi connectivity index (χ1) is 8.21. The highest BCUT2D eigenvalue weighted by atomic mass is 16.5. The van der Waals surface area contributed by atoms with Gasteiger partial charge in [-0.15, -0.1) is 0 Å². The van der Waals surface area contributed by atoms with Crippen LogP contribution in [0.25, 0.3) is 0 Å². The summed E-state index contributed by atoms with van der Waals surface area (Å²) in [5.41, 5.74) is 1.10. The van der Waals surface area contributed by atoms with Gasteiger partial charge in [0.15, 0.2) is 11.5 Å². The van der Waals surface area contributed by atoms with Crippen molar-refractivity contribution in [3.8, 4) is 11.5 Å². The van der Waals surface area contributed by atoms with Crippen molar-refractivity contribution >= 4 is 0 Å². The Morgan fingerprint density at radius 2 is 1.94 bits per heavy atom. The van der Waals surface area contributed by atoms with Crippen molar-refractivity contribution in [3.05, 3.63) is 23.8 Å². The molecule has 17 heavy (non-hydrogen) atoms. The highest BCUT2D eigenvalue weighted by Crippen LogP contribution is 2.27. The first-order valence-electron chi connectivity index (χ1n) is 5.81. The second-order valence-corrected chi connectivity index (χ2v) is 3.88. The Labute approximate surface area is 103 Å². The highest BCUT2D eigenvalue weighted by molar-refractivity contribution is 5.42. The first kappa shape index (κ1) is 13.8. The van der Waals surface area contributed by atoms with Crippen LogP contribution < -0.4 is 14.8 Å². The number of ether oxygens (including phenoxy) is 2. The molecule has 0 aliphatic rings. The SMILES string of the molecule is CC[C@H](O)CNCc1ccc(OC)c(OC)c1. The molecule has 4 heteroatoms. The summed E-state index contributed by atoms with van der Waals surface area (Å²) in [6.07, 6.45) is 0.481. The molecule has 2 N–H and O–H groups in total. The van der Waals surface area contributed by atoms with Crippen molar-refractivity contribution in [1.82, 2.24) is 5.32 Å². The van der Waals surface area contributed by atoms with E-state index in [1.807, 2.05) is 25.1 Å². The lowest BCUT2D eigenvalue weighted by molar-refractivity contribution is 0.167. The largest absolute Gasteiger partial charge is 0.493 e. The molecule has 4 nitrogen and oxygen atoms in total. The predicted molar refractivity (Wildman–Crippen MR) is 67.6 cm³/mol. The molecule has 0 bridgehead atoms. The van der Waals surface area contributed by atoms with Gasteiger partial charge in [-0.05, 0) is 24.1 Å². The Bertz CT molecular complexity index is 341. The summed E-state index contributed by atoms with van der Waals surface area (Å²) in [5, 5.41) is 12.6. The molecule has 0 aliphatic heterocycles. The zero-order valence-electron chi connectivity index (χ0n) is 10.7. The maximum atomic E-state index is 9.41. The van der Waals surface area contributed by atoms with Gasteiger partial charge < -0.3 is 19.9 Å². The number of nitrogens with one attached hydrogen (secondary N) is 1. The summed E-state index contributed by atoms with van der Waals surface area (Å²) < 4.78 is 10.4. The second-order valence-electron chi connectivity index (χ2n) is 3.88. The van der Waals surface area contributed by atoms with Crippen LogP contribution in [0.1, 0.15) is 18.9 Å². The Morgan fingerprint density at radius 1 is 1.24 bits per heavy atom. The van der Waals surface area contributed by atoms with E-state index in [1.165, 1.54) is 0 Å². The van der Waals surface area contributed by atoms with Gasteiger partial charge in [0.1, 0.15) is 0 Å². The first-order valence-corrected chi connectivity index (χ1v) is 5.81. The van der Waals surface area contributed by atoms with Gasteiger partial charge in [-0.2, -0.15) is 0 Å². The van der Waals surface area contributed by atoms with Crippen LogP contribution in [-0.2, 0) is 6.54 Å². The normalized spacial score (nSPS) is 12.2. The molecule has 0 radical (unpaired) electrons. The smallest absolute Gasteiger partial charge is 0.161 e. The lowest BCUT2D eigenvalue weighted by Crippen LogP contribution is -2.25. The van der Waals surface area contributed by atoms with E-state index in [0.29, 0.717) is 13.1 Å². The lowest BCUT2D eigenvalue weighted by Gasteiger charge is -2.12. The van der Waals surface area contributed by atoms with Crippen molar-refractivity contribution in [2.75, 3.05) is 20.8 Å². The van der Waals surface area contributed by atoms with Crippen LogP contribution >= 0.6 is 0 Å². The maximum absolute atomic E-state index is 9.41. The zero-order valence-corrected chi connectivity index (χ0v) is 10.7. The third-order valence-corrected chi connectivity index (χ3v) is 2.63. The van der Waals surface area contributed by atoms with Crippen LogP contribution in [0.15, 0.2) is 18.2 Å². The number of aliphatic hydroxyl groups excluding tert-OH is 1. The standard InChI is InChI=1S/C13H21NO3/c1-4-11(15)9-14-8-10-5-6-12(16-2)13(7-10)17-3/h5-7,11,14-15H,4,8-9H2,1-3H3/t11-/m0/s1. The molecule has 1 atom stereocenters. The van der Waals surface area contributed by atoms with Gasteiger partial charge in [-0.3, -0.25) is 0 Å². The van der Waals surface area contributed by atoms with Crippen molar-refractivity contribution in [1.29, 1.82) is 0 Å². The minimum absolute atomic E-state index is 0.282. The quantitative estimate of drug-likeness (QED) is 0.758. The number of hydrogen-bond donors (Lipinski definition) is 2. The zero-order chi connectivity index (χ0) is 12.7. The summed E-state index contributed by atoms with van der Waals surface area (Å²) in [6, 6.07) is 5.79. The van der Waals surface area contributed by atoms with E-state index in [1.54, 1.807) is 14.2 Å². The van der Waals surface area contributed by atoms with Gasteiger partial charge in [-0.1, -0.05) is 13.0 Å². The lowest BCUT2D eigenvalue weighted by atomic mass is 10.2. The minimum Gasteiger partial charge on any atom is -0.493 e. The van der Waals surface area contributed by atoms with Gasteiger partial charge >= 0.3 is 0 Å². The van der Waals surface area contributed by atoms with Gasteiger partial charge in [-0.25, -0.2) is 0 Å². The minimum atomic E-state index is -0.282. The van der Waals surface area contributed by atoms with E-state index in [0.717, 1.165) is 23.5 Å².